The van der Waals surface area contributed by atoms with Crippen molar-refractivity contribution in [2.24, 2.45) is 0 Å². The van der Waals surface area contributed by atoms with Gasteiger partial charge in [-0.05, 0) is 32.1 Å². The molecule has 0 radical (unpaired) electrons. The van der Waals surface area contributed by atoms with E-state index in [1.54, 1.807) is 0 Å². The van der Waals surface area contributed by atoms with Crippen LogP contribution < -0.4 is 0 Å². The number of esters is 1. The second kappa shape index (κ2) is 16.8. The van der Waals surface area contributed by atoms with Crippen molar-refractivity contribution in [2.45, 2.75) is 84.0 Å². The zero-order valence-corrected chi connectivity index (χ0v) is 14.0. The molecule has 0 saturated heterocycles. The van der Waals surface area contributed by atoms with Gasteiger partial charge in [0.25, 0.3) is 0 Å². The van der Waals surface area contributed by atoms with Gasteiger partial charge in [0.2, 0.25) is 0 Å². The lowest BCUT2D eigenvalue weighted by atomic mass is 10.1. The molecule has 0 N–H and O–H groups in total. The first-order valence-corrected chi connectivity index (χ1v) is 8.48. The van der Waals surface area contributed by atoms with Crippen LogP contribution in [0.5, 0.6) is 0 Å². The zero-order valence-electron chi connectivity index (χ0n) is 14.0. The van der Waals surface area contributed by atoms with Gasteiger partial charge in [0.1, 0.15) is 0 Å². The van der Waals surface area contributed by atoms with E-state index in [4.69, 9.17) is 0 Å². The average molecular weight is 292 g/mol. The molecule has 0 unspecified atom stereocenters. The Bertz CT molecular complexity index is 320. The highest BCUT2D eigenvalue weighted by Gasteiger charge is 1.97. The number of carbonyl (C=O) groups excluding carboxylic acids is 1. The summed E-state index contributed by atoms with van der Waals surface area (Å²) >= 11 is 0. The highest BCUT2D eigenvalue weighted by atomic mass is 16.5. The summed E-state index contributed by atoms with van der Waals surface area (Å²) in [7, 11) is 1.44. The van der Waals surface area contributed by atoms with Crippen LogP contribution in [-0.4, -0.2) is 13.1 Å². The van der Waals surface area contributed by atoms with Crippen LogP contribution in [0.1, 0.15) is 84.0 Å². The second-order valence-corrected chi connectivity index (χ2v) is 5.35. The van der Waals surface area contributed by atoms with Crippen molar-refractivity contribution in [2.75, 3.05) is 7.11 Å². The van der Waals surface area contributed by atoms with Gasteiger partial charge in [-0.3, -0.25) is 4.79 Å². The summed E-state index contributed by atoms with van der Waals surface area (Å²) in [6.07, 6.45) is 17.7. The molecule has 0 bridgehead atoms. The summed E-state index contributed by atoms with van der Waals surface area (Å²) in [5.74, 6) is 6.31. The number of methoxy groups -OCH3 is 1. The number of unbranched alkanes of at least 4 members (excludes halogenated alkanes) is 8. The third-order valence-corrected chi connectivity index (χ3v) is 3.36. The molecular weight excluding hydrogens is 260 g/mol. The summed E-state index contributed by atoms with van der Waals surface area (Å²) in [5.41, 5.74) is 0. The minimum Gasteiger partial charge on any atom is -0.469 e. The van der Waals surface area contributed by atoms with Crippen LogP contribution in [0.4, 0.5) is 0 Å². The van der Waals surface area contributed by atoms with Gasteiger partial charge in [-0.25, -0.2) is 0 Å². The van der Waals surface area contributed by atoms with E-state index in [0.717, 1.165) is 38.5 Å². The van der Waals surface area contributed by atoms with Gasteiger partial charge < -0.3 is 4.74 Å². The predicted octanol–water partition coefficient (Wildman–Crippen LogP) is 5.42. The van der Waals surface area contributed by atoms with Crippen molar-refractivity contribution in [1.29, 1.82) is 0 Å². The van der Waals surface area contributed by atoms with Crippen LogP contribution in [0.15, 0.2) is 12.2 Å². The van der Waals surface area contributed by atoms with Crippen molar-refractivity contribution in [3.05, 3.63) is 12.2 Å². The fraction of sp³-hybridized carbons (Fsp3) is 0.737. The SMILES string of the molecule is CCCCCC/C=C\CCC#CCCCCCC(=O)OC. The van der Waals surface area contributed by atoms with Gasteiger partial charge in [-0.15, -0.1) is 11.8 Å². The molecule has 2 nitrogen and oxygen atoms in total. The van der Waals surface area contributed by atoms with E-state index >= 15 is 0 Å². The fourth-order valence-corrected chi connectivity index (χ4v) is 2.02. The number of rotatable bonds is 12. The smallest absolute Gasteiger partial charge is 0.305 e. The molecule has 0 aliphatic rings. The monoisotopic (exact) mass is 292 g/mol. The molecule has 0 saturated carbocycles. The molecule has 0 aliphatic carbocycles. The van der Waals surface area contributed by atoms with Gasteiger partial charge in [0.05, 0.1) is 7.11 Å². The van der Waals surface area contributed by atoms with Crippen LogP contribution in [0, 0.1) is 11.8 Å². The van der Waals surface area contributed by atoms with E-state index in [1.165, 1.54) is 39.2 Å². The van der Waals surface area contributed by atoms with Crippen molar-refractivity contribution in [1.82, 2.24) is 0 Å². The normalized spacial score (nSPS) is 10.4. The van der Waals surface area contributed by atoms with Crippen LogP contribution >= 0.6 is 0 Å². The molecule has 0 aromatic heterocycles. The summed E-state index contributed by atoms with van der Waals surface area (Å²) in [6, 6.07) is 0. The maximum absolute atomic E-state index is 10.9. The Kier molecular flexibility index (Phi) is 15.8. The molecule has 0 aliphatic heterocycles. The van der Waals surface area contributed by atoms with Crippen molar-refractivity contribution >= 4 is 5.97 Å². The first kappa shape index (κ1) is 19.8. The van der Waals surface area contributed by atoms with Crippen molar-refractivity contribution in [3.63, 3.8) is 0 Å². The van der Waals surface area contributed by atoms with E-state index < -0.39 is 0 Å². The maximum atomic E-state index is 10.9. The first-order valence-electron chi connectivity index (χ1n) is 8.48. The molecule has 0 amide bonds. The predicted molar refractivity (Wildman–Crippen MR) is 90.0 cm³/mol. The molecule has 0 aromatic rings. The third-order valence-electron chi connectivity index (χ3n) is 3.36. The summed E-state index contributed by atoms with van der Waals surface area (Å²) in [5, 5.41) is 0. The van der Waals surface area contributed by atoms with E-state index in [-0.39, 0.29) is 5.97 Å². The van der Waals surface area contributed by atoms with Crippen LogP contribution in [-0.2, 0) is 9.53 Å². The molecule has 120 valence electrons. The number of hydrogen-bond acceptors (Lipinski definition) is 2. The quantitative estimate of drug-likeness (QED) is 0.208. The Balaban J connectivity index is 3.26. The first-order chi connectivity index (χ1) is 10.3. The highest BCUT2D eigenvalue weighted by molar-refractivity contribution is 5.68. The standard InChI is InChI=1S/C19H32O2/c1-3-4-5-6-7-8-9-10-11-12-13-14-15-16-17-18-19(20)21-2/h8-9H,3-7,10-11,14-18H2,1-2H3/b9-8-. The summed E-state index contributed by atoms with van der Waals surface area (Å²) < 4.78 is 4.60. The highest BCUT2D eigenvalue weighted by Crippen LogP contribution is 2.04. The Morgan fingerprint density at radius 1 is 0.905 bits per heavy atom. The minimum atomic E-state index is -0.109. The maximum Gasteiger partial charge on any atom is 0.305 e. The van der Waals surface area contributed by atoms with Crippen LogP contribution in [0.25, 0.3) is 0 Å². The van der Waals surface area contributed by atoms with Crippen LogP contribution in [0.3, 0.4) is 0 Å². The topological polar surface area (TPSA) is 26.3 Å². The molecular formula is C19H32O2. The summed E-state index contributed by atoms with van der Waals surface area (Å²) in [6.45, 7) is 2.24. The molecule has 0 rings (SSSR count). The number of hydrogen-bond donors (Lipinski definition) is 0. The van der Waals surface area contributed by atoms with Crippen molar-refractivity contribution in [3.8, 4) is 11.8 Å². The molecule has 0 heterocycles. The van der Waals surface area contributed by atoms with Gasteiger partial charge in [0, 0.05) is 19.3 Å². The van der Waals surface area contributed by atoms with Gasteiger partial charge in [0.15, 0.2) is 0 Å². The van der Waals surface area contributed by atoms with Crippen LogP contribution in [0.2, 0.25) is 0 Å². The molecule has 0 spiro atoms. The second-order valence-electron chi connectivity index (χ2n) is 5.35. The van der Waals surface area contributed by atoms with Gasteiger partial charge >= 0.3 is 5.97 Å². The molecule has 21 heavy (non-hydrogen) atoms. The van der Waals surface area contributed by atoms with E-state index in [1.807, 2.05) is 0 Å². The lowest BCUT2D eigenvalue weighted by Crippen LogP contribution is -1.98. The Labute approximate surface area is 131 Å². The largest absolute Gasteiger partial charge is 0.469 e. The number of carbonyl (C=O) groups is 1. The van der Waals surface area contributed by atoms with Crippen molar-refractivity contribution < 1.29 is 9.53 Å². The molecule has 0 aromatic carbocycles. The van der Waals surface area contributed by atoms with Gasteiger partial charge in [-0.2, -0.15) is 0 Å². The van der Waals surface area contributed by atoms with E-state index in [2.05, 4.69) is 35.7 Å². The Morgan fingerprint density at radius 3 is 2.38 bits per heavy atom. The lowest BCUT2D eigenvalue weighted by molar-refractivity contribution is -0.140. The molecule has 0 atom stereocenters. The van der Waals surface area contributed by atoms with Gasteiger partial charge in [-0.1, -0.05) is 44.8 Å². The summed E-state index contributed by atoms with van der Waals surface area (Å²) in [4.78, 5) is 10.9. The third kappa shape index (κ3) is 16.7. The Hall–Kier alpha value is -1.23. The minimum absolute atomic E-state index is 0.109. The zero-order chi connectivity index (χ0) is 15.6. The number of ether oxygens (including phenoxy) is 1. The Morgan fingerprint density at radius 2 is 1.62 bits per heavy atom. The van der Waals surface area contributed by atoms with E-state index in [0.29, 0.717) is 6.42 Å². The molecule has 2 heteroatoms. The number of allylic oxidation sites excluding steroid dienone is 2. The average Bonchev–Trinajstić information content (AvgIpc) is 2.50. The lowest BCUT2D eigenvalue weighted by Gasteiger charge is -1.97. The fourth-order valence-electron chi connectivity index (χ4n) is 2.02. The van der Waals surface area contributed by atoms with E-state index in [9.17, 15) is 4.79 Å². The molecule has 0 fully saturated rings.